The molecule has 4 nitrogen and oxygen atoms in total. The number of hydrogen-bond donors (Lipinski definition) is 0. The fourth-order valence-electron chi connectivity index (χ4n) is 2.63. The van der Waals surface area contributed by atoms with Crippen LogP contribution in [0.1, 0.15) is 22.3 Å². The van der Waals surface area contributed by atoms with Crippen LogP contribution < -0.4 is 9.64 Å². The van der Waals surface area contributed by atoms with Crippen molar-refractivity contribution in [1.82, 2.24) is 4.98 Å². The van der Waals surface area contributed by atoms with Crippen LogP contribution in [0.3, 0.4) is 0 Å². The minimum absolute atomic E-state index is 0.0914. The maximum Gasteiger partial charge on any atom is 0.213 e. The van der Waals surface area contributed by atoms with Crippen molar-refractivity contribution in [2.75, 3.05) is 18.0 Å². The van der Waals surface area contributed by atoms with Crippen LogP contribution >= 0.6 is 15.9 Å². The minimum Gasteiger partial charge on any atom is -0.472 e. The van der Waals surface area contributed by atoms with E-state index < -0.39 is 0 Å². The standard InChI is InChI=1S/C17H17BrN2O2/c1-12-2-5-17(19-9-12)22-15-6-7-20(10-15)16-8-14(18)4-3-13(16)11-21/h2-5,8-9,11,15H,6-7,10H2,1H3/t15-/m0/s1. The smallest absolute Gasteiger partial charge is 0.213 e. The number of anilines is 1. The molecule has 0 unspecified atom stereocenters. The van der Waals surface area contributed by atoms with Gasteiger partial charge in [-0.2, -0.15) is 0 Å². The second kappa shape index (κ2) is 6.48. The molecule has 1 aromatic carbocycles. The highest BCUT2D eigenvalue weighted by Gasteiger charge is 2.26. The van der Waals surface area contributed by atoms with Crippen LogP contribution in [-0.4, -0.2) is 30.5 Å². The molecule has 2 heterocycles. The lowest BCUT2D eigenvalue weighted by Gasteiger charge is -2.20. The van der Waals surface area contributed by atoms with Crippen molar-refractivity contribution in [1.29, 1.82) is 0 Å². The predicted octanol–water partition coefficient (Wildman–Crippen LogP) is 3.62. The molecule has 0 N–H and O–H groups in total. The van der Waals surface area contributed by atoms with E-state index >= 15 is 0 Å². The molecular formula is C17H17BrN2O2. The highest BCUT2D eigenvalue weighted by atomic mass is 79.9. The van der Waals surface area contributed by atoms with Crippen molar-refractivity contribution in [2.24, 2.45) is 0 Å². The van der Waals surface area contributed by atoms with Gasteiger partial charge >= 0.3 is 0 Å². The largest absolute Gasteiger partial charge is 0.472 e. The molecule has 1 aromatic heterocycles. The Morgan fingerprint density at radius 2 is 2.23 bits per heavy atom. The third-order valence-electron chi connectivity index (χ3n) is 3.78. The number of aldehydes is 1. The fourth-order valence-corrected chi connectivity index (χ4v) is 2.98. The maximum atomic E-state index is 11.2. The summed E-state index contributed by atoms with van der Waals surface area (Å²) in [6, 6.07) is 9.59. The number of rotatable bonds is 4. The Morgan fingerprint density at radius 3 is 2.95 bits per heavy atom. The Balaban J connectivity index is 1.71. The zero-order valence-electron chi connectivity index (χ0n) is 12.3. The molecule has 1 saturated heterocycles. The summed E-state index contributed by atoms with van der Waals surface area (Å²) < 4.78 is 6.90. The summed E-state index contributed by atoms with van der Waals surface area (Å²) in [7, 11) is 0. The molecule has 22 heavy (non-hydrogen) atoms. The molecule has 3 rings (SSSR count). The molecule has 0 radical (unpaired) electrons. The summed E-state index contributed by atoms with van der Waals surface area (Å²) in [5.74, 6) is 0.655. The van der Waals surface area contributed by atoms with Gasteiger partial charge in [-0.15, -0.1) is 0 Å². The molecular weight excluding hydrogens is 344 g/mol. The monoisotopic (exact) mass is 360 g/mol. The quantitative estimate of drug-likeness (QED) is 0.780. The first kappa shape index (κ1) is 15.0. The van der Waals surface area contributed by atoms with E-state index in [1.54, 1.807) is 6.20 Å². The van der Waals surface area contributed by atoms with Crippen molar-refractivity contribution < 1.29 is 9.53 Å². The molecule has 1 aliphatic heterocycles. The molecule has 1 atom stereocenters. The molecule has 1 fully saturated rings. The van der Waals surface area contributed by atoms with E-state index in [1.807, 2.05) is 37.3 Å². The summed E-state index contributed by atoms with van der Waals surface area (Å²) in [5.41, 5.74) is 2.77. The van der Waals surface area contributed by atoms with Crippen molar-refractivity contribution >= 4 is 27.9 Å². The predicted molar refractivity (Wildman–Crippen MR) is 89.7 cm³/mol. The number of nitrogens with zero attached hydrogens (tertiary/aromatic N) is 2. The van der Waals surface area contributed by atoms with Crippen molar-refractivity contribution in [2.45, 2.75) is 19.4 Å². The average Bonchev–Trinajstić information content (AvgIpc) is 2.98. The average molecular weight is 361 g/mol. The normalized spacial score (nSPS) is 17.5. The maximum absolute atomic E-state index is 11.2. The first-order valence-electron chi connectivity index (χ1n) is 7.24. The van der Waals surface area contributed by atoms with E-state index in [0.29, 0.717) is 11.4 Å². The van der Waals surface area contributed by atoms with E-state index in [9.17, 15) is 4.79 Å². The molecule has 0 saturated carbocycles. The molecule has 0 amide bonds. The fraction of sp³-hybridized carbons (Fsp3) is 0.294. The lowest BCUT2D eigenvalue weighted by molar-refractivity contribution is 0.112. The zero-order chi connectivity index (χ0) is 15.5. The summed E-state index contributed by atoms with van der Waals surface area (Å²) in [6.45, 7) is 3.63. The van der Waals surface area contributed by atoms with Crippen LogP contribution in [-0.2, 0) is 0 Å². The summed E-state index contributed by atoms with van der Waals surface area (Å²) in [5, 5.41) is 0. The van der Waals surface area contributed by atoms with Gasteiger partial charge in [0.05, 0.1) is 6.54 Å². The zero-order valence-corrected chi connectivity index (χ0v) is 13.9. The number of halogens is 1. The van der Waals surface area contributed by atoms with Crippen LogP contribution in [0, 0.1) is 6.92 Å². The number of aryl methyl sites for hydroxylation is 1. The van der Waals surface area contributed by atoms with Gasteiger partial charge in [-0.05, 0) is 30.7 Å². The molecule has 0 spiro atoms. The minimum atomic E-state index is 0.0914. The Hall–Kier alpha value is -1.88. The summed E-state index contributed by atoms with van der Waals surface area (Å²) >= 11 is 3.46. The van der Waals surface area contributed by atoms with Gasteiger partial charge in [0.1, 0.15) is 6.10 Å². The van der Waals surface area contributed by atoms with Crippen LogP contribution in [0.5, 0.6) is 5.88 Å². The van der Waals surface area contributed by atoms with Gasteiger partial charge in [-0.3, -0.25) is 4.79 Å². The lowest BCUT2D eigenvalue weighted by atomic mass is 10.2. The Morgan fingerprint density at radius 1 is 1.36 bits per heavy atom. The Labute approximate surface area is 138 Å². The van der Waals surface area contributed by atoms with Gasteiger partial charge in [0.25, 0.3) is 0 Å². The first-order chi connectivity index (χ1) is 10.7. The number of pyridine rings is 1. The number of ether oxygens (including phenoxy) is 1. The molecule has 1 aliphatic rings. The number of carbonyl (C=O) groups excluding carboxylic acids is 1. The van der Waals surface area contributed by atoms with Gasteiger partial charge in [0.15, 0.2) is 6.29 Å². The van der Waals surface area contributed by atoms with Crippen LogP contribution in [0.4, 0.5) is 5.69 Å². The highest BCUT2D eigenvalue weighted by Crippen LogP contribution is 2.28. The van der Waals surface area contributed by atoms with E-state index in [1.165, 1.54) is 0 Å². The van der Waals surface area contributed by atoms with Gasteiger partial charge in [0, 0.05) is 41.0 Å². The summed E-state index contributed by atoms with van der Waals surface area (Å²) in [6.07, 6.45) is 3.72. The third kappa shape index (κ3) is 3.30. The third-order valence-corrected chi connectivity index (χ3v) is 4.27. The van der Waals surface area contributed by atoms with E-state index in [2.05, 4.69) is 25.8 Å². The first-order valence-corrected chi connectivity index (χ1v) is 8.04. The van der Waals surface area contributed by atoms with Crippen LogP contribution in [0.2, 0.25) is 0 Å². The van der Waals surface area contributed by atoms with E-state index in [0.717, 1.165) is 41.5 Å². The van der Waals surface area contributed by atoms with E-state index in [-0.39, 0.29) is 6.10 Å². The molecule has 114 valence electrons. The molecule has 5 heteroatoms. The van der Waals surface area contributed by atoms with Crippen LogP contribution in [0.25, 0.3) is 0 Å². The molecule has 0 aliphatic carbocycles. The van der Waals surface area contributed by atoms with E-state index in [4.69, 9.17) is 4.74 Å². The van der Waals surface area contributed by atoms with Crippen molar-refractivity contribution in [3.63, 3.8) is 0 Å². The van der Waals surface area contributed by atoms with Gasteiger partial charge in [-0.25, -0.2) is 4.98 Å². The Bertz CT molecular complexity index is 673. The number of aromatic nitrogens is 1. The van der Waals surface area contributed by atoms with Crippen molar-refractivity contribution in [3.8, 4) is 5.88 Å². The molecule has 2 aromatic rings. The second-order valence-corrected chi connectivity index (χ2v) is 6.39. The Kier molecular flexibility index (Phi) is 4.43. The van der Waals surface area contributed by atoms with Crippen LogP contribution in [0.15, 0.2) is 41.0 Å². The van der Waals surface area contributed by atoms with Crippen molar-refractivity contribution in [3.05, 3.63) is 52.1 Å². The molecule has 0 bridgehead atoms. The highest BCUT2D eigenvalue weighted by molar-refractivity contribution is 9.10. The SMILES string of the molecule is Cc1ccc(O[C@H]2CCN(c3cc(Br)ccc3C=O)C2)nc1. The van der Waals surface area contributed by atoms with Gasteiger partial charge < -0.3 is 9.64 Å². The topological polar surface area (TPSA) is 42.4 Å². The van der Waals surface area contributed by atoms with Gasteiger partial charge in [0.2, 0.25) is 5.88 Å². The summed E-state index contributed by atoms with van der Waals surface area (Å²) in [4.78, 5) is 17.7. The second-order valence-electron chi connectivity index (χ2n) is 5.47. The number of benzene rings is 1. The number of hydrogen-bond acceptors (Lipinski definition) is 4. The number of carbonyl (C=O) groups is 1. The van der Waals surface area contributed by atoms with Gasteiger partial charge in [-0.1, -0.05) is 22.0 Å². The lowest BCUT2D eigenvalue weighted by Crippen LogP contribution is -2.25.